The van der Waals surface area contributed by atoms with Gasteiger partial charge in [-0.15, -0.1) is 5.10 Å². The zero-order chi connectivity index (χ0) is 14.2. The smallest absolute Gasteiger partial charge is 0.358 e. The van der Waals surface area contributed by atoms with Crippen LogP contribution in [0, 0.1) is 11.6 Å². The molecule has 0 saturated heterocycles. The standard InChI is InChI=1S/C12H11F2N3O2/c1-6(2)11-10(12(18)19)15-16-17(11)9-4-3-7(13)5-8(9)14/h3-6H,1-2H3,(H,18,19). The highest BCUT2D eigenvalue weighted by Crippen LogP contribution is 2.23. The molecule has 0 aliphatic carbocycles. The predicted octanol–water partition coefficient (Wildman–Crippen LogP) is 2.37. The number of carbonyl (C=O) groups is 1. The largest absolute Gasteiger partial charge is 0.476 e. The van der Waals surface area contributed by atoms with Crippen LogP contribution in [0.4, 0.5) is 8.78 Å². The molecule has 2 rings (SSSR count). The first-order valence-electron chi connectivity index (χ1n) is 5.56. The quantitative estimate of drug-likeness (QED) is 0.927. The summed E-state index contributed by atoms with van der Waals surface area (Å²) in [5.74, 6) is -3.02. The zero-order valence-corrected chi connectivity index (χ0v) is 10.3. The Morgan fingerprint density at radius 1 is 1.37 bits per heavy atom. The molecule has 0 spiro atoms. The Kier molecular flexibility index (Phi) is 3.28. The lowest BCUT2D eigenvalue weighted by Gasteiger charge is -2.10. The Morgan fingerprint density at radius 3 is 2.58 bits per heavy atom. The molecular formula is C12H11F2N3O2. The number of rotatable bonds is 3. The SMILES string of the molecule is CC(C)c1c(C(=O)O)nnn1-c1ccc(F)cc1F. The molecule has 7 heteroatoms. The van der Waals surface area contributed by atoms with Gasteiger partial charge < -0.3 is 5.11 Å². The minimum atomic E-state index is -1.24. The van der Waals surface area contributed by atoms with E-state index in [1.165, 1.54) is 6.07 Å². The average molecular weight is 267 g/mol. The van der Waals surface area contributed by atoms with Gasteiger partial charge in [0.2, 0.25) is 0 Å². The Morgan fingerprint density at radius 2 is 2.05 bits per heavy atom. The van der Waals surface area contributed by atoms with Gasteiger partial charge in [-0.2, -0.15) is 0 Å². The number of aromatic carboxylic acids is 1. The summed E-state index contributed by atoms with van der Waals surface area (Å²) in [4.78, 5) is 11.0. The van der Waals surface area contributed by atoms with Crippen molar-refractivity contribution in [3.63, 3.8) is 0 Å². The number of nitrogens with zero attached hydrogens (tertiary/aromatic N) is 3. The van der Waals surface area contributed by atoms with E-state index in [4.69, 9.17) is 5.11 Å². The molecule has 5 nitrogen and oxygen atoms in total. The van der Waals surface area contributed by atoms with Gasteiger partial charge in [-0.1, -0.05) is 19.1 Å². The van der Waals surface area contributed by atoms with Crippen LogP contribution in [0.1, 0.15) is 35.9 Å². The van der Waals surface area contributed by atoms with Crippen molar-refractivity contribution in [1.29, 1.82) is 0 Å². The normalized spacial score (nSPS) is 11.0. The van der Waals surface area contributed by atoms with Gasteiger partial charge in [-0.05, 0) is 18.1 Å². The van der Waals surface area contributed by atoms with Gasteiger partial charge >= 0.3 is 5.97 Å². The molecule has 0 amide bonds. The number of hydrogen-bond acceptors (Lipinski definition) is 3. The van der Waals surface area contributed by atoms with E-state index in [9.17, 15) is 13.6 Å². The Balaban J connectivity index is 2.65. The Bertz CT molecular complexity index is 638. The van der Waals surface area contributed by atoms with E-state index < -0.39 is 17.6 Å². The molecule has 1 N–H and O–H groups in total. The van der Waals surface area contributed by atoms with E-state index in [2.05, 4.69) is 10.3 Å². The van der Waals surface area contributed by atoms with Crippen LogP contribution >= 0.6 is 0 Å². The van der Waals surface area contributed by atoms with E-state index in [0.717, 1.165) is 10.7 Å². The number of halogens is 2. The molecular weight excluding hydrogens is 256 g/mol. The van der Waals surface area contributed by atoms with Gasteiger partial charge in [-0.25, -0.2) is 18.3 Å². The fraction of sp³-hybridized carbons (Fsp3) is 0.250. The van der Waals surface area contributed by atoms with Gasteiger partial charge in [0, 0.05) is 6.07 Å². The minimum Gasteiger partial charge on any atom is -0.476 e. The molecule has 2 aromatic rings. The lowest BCUT2D eigenvalue weighted by atomic mass is 10.1. The van der Waals surface area contributed by atoms with Gasteiger partial charge in [0.1, 0.15) is 11.5 Å². The van der Waals surface area contributed by atoms with E-state index in [1.54, 1.807) is 13.8 Å². The first-order chi connectivity index (χ1) is 8.91. The molecule has 0 radical (unpaired) electrons. The summed E-state index contributed by atoms with van der Waals surface area (Å²) in [6, 6.07) is 2.98. The molecule has 1 heterocycles. The van der Waals surface area contributed by atoms with Crippen molar-refractivity contribution < 1.29 is 18.7 Å². The maximum absolute atomic E-state index is 13.7. The topological polar surface area (TPSA) is 68.0 Å². The zero-order valence-electron chi connectivity index (χ0n) is 10.3. The van der Waals surface area contributed by atoms with Crippen LogP contribution in [-0.4, -0.2) is 26.1 Å². The fourth-order valence-corrected chi connectivity index (χ4v) is 1.79. The third-order valence-corrected chi connectivity index (χ3v) is 2.59. The van der Waals surface area contributed by atoms with Gasteiger partial charge in [0.05, 0.1) is 5.69 Å². The van der Waals surface area contributed by atoms with Crippen LogP contribution < -0.4 is 0 Å². The van der Waals surface area contributed by atoms with Crippen molar-refractivity contribution in [3.05, 3.63) is 41.2 Å². The fourth-order valence-electron chi connectivity index (χ4n) is 1.79. The summed E-state index contributed by atoms with van der Waals surface area (Å²) in [7, 11) is 0. The third kappa shape index (κ3) is 2.31. The Labute approximate surface area is 107 Å². The van der Waals surface area contributed by atoms with Crippen LogP contribution in [-0.2, 0) is 0 Å². The first kappa shape index (κ1) is 13.1. The maximum Gasteiger partial charge on any atom is 0.358 e. The van der Waals surface area contributed by atoms with Crippen LogP contribution in [0.5, 0.6) is 0 Å². The molecule has 0 unspecified atom stereocenters. The summed E-state index contributed by atoms with van der Waals surface area (Å²) in [6.45, 7) is 3.48. The van der Waals surface area contributed by atoms with E-state index >= 15 is 0 Å². The van der Waals surface area contributed by atoms with Crippen molar-refractivity contribution in [2.24, 2.45) is 0 Å². The number of carboxylic acids is 1. The molecule has 0 atom stereocenters. The van der Waals surface area contributed by atoms with E-state index in [1.807, 2.05) is 0 Å². The second-order valence-corrected chi connectivity index (χ2v) is 4.29. The predicted molar refractivity (Wildman–Crippen MR) is 62.3 cm³/mol. The number of carboxylic acid groups (broad SMARTS) is 1. The second kappa shape index (κ2) is 4.75. The number of aromatic nitrogens is 3. The van der Waals surface area contributed by atoms with Crippen molar-refractivity contribution in [1.82, 2.24) is 15.0 Å². The van der Waals surface area contributed by atoms with E-state index in [-0.39, 0.29) is 23.0 Å². The maximum atomic E-state index is 13.7. The summed E-state index contributed by atoms with van der Waals surface area (Å²) >= 11 is 0. The summed E-state index contributed by atoms with van der Waals surface area (Å²) in [6.07, 6.45) is 0. The van der Waals surface area contributed by atoms with Crippen LogP contribution in [0.3, 0.4) is 0 Å². The summed E-state index contributed by atoms with van der Waals surface area (Å²) < 4.78 is 27.7. The van der Waals surface area contributed by atoms with Crippen molar-refractivity contribution >= 4 is 5.97 Å². The highest BCUT2D eigenvalue weighted by atomic mass is 19.1. The summed E-state index contributed by atoms with van der Waals surface area (Å²) in [5, 5.41) is 16.2. The second-order valence-electron chi connectivity index (χ2n) is 4.29. The van der Waals surface area contributed by atoms with E-state index in [0.29, 0.717) is 6.07 Å². The molecule has 100 valence electrons. The minimum absolute atomic E-state index is 0.0369. The highest BCUT2D eigenvalue weighted by molar-refractivity contribution is 5.86. The van der Waals surface area contributed by atoms with Crippen LogP contribution in [0.2, 0.25) is 0 Å². The molecule has 0 fully saturated rings. The van der Waals surface area contributed by atoms with Gasteiger partial charge in [0.15, 0.2) is 11.5 Å². The first-order valence-corrected chi connectivity index (χ1v) is 5.56. The lowest BCUT2D eigenvalue weighted by molar-refractivity contribution is 0.0688. The van der Waals surface area contributed by atoms with Crippen LogP contribution in [0.25, 0.3) is 5.69 Å². The van der Waals surface area contributed by atoms with Crippen molar-refractivity contribution in [2.75, 3.05) is 0 Å². The number of benzene rings is 1. The molecule has 0 saturated carbocycles. The molecule has 1 aromatic heterocycles. The number of hydrogen-bond donors (Lipinski definition) is 1. The molecule has 0 bridgehead atoms. The van der Waals surface area contributed by atoms with Crippen molar-refractivity contribution in [2.45, 2.75) is 19.8 Å². The molecule has 0 aliphatic heterocycles. The van der Waals surface area contributed by atoms with Gasteiger partial charge in [0.25, 0.3) is 0 Å². The van der Waals surface area contributed by atoms with Crippen LogP contribution in [0.15, 0.2) is 18.2 Å². The summed E-state index contributed by atoms with van der Waals surface area (Å²) in [5.41, 5.74) is -0.0122. The molecule has 19 heavy (non-hydrogen) atoms. The Hall–Kier alpha value is -2.31. The lowest BCUT2D eigenvalue weighted by Crippen LogP contribution is -2.09. The van der Waals surface area contributed by atoms with Gasteiger partial charge in [-0.3, -0.25) is 0 Å². The molecule has 1 aromatic carbocycles. The highest BCUT2D eigenvalue weighted by Gasteiger charge is 2.23. The monoisotopic (exact) mass is 267 g/mol. The third-order valence-electron chi connectivity index (χ3n) is 2.59. The molecule has 0 aliphatic rings. The average Bonchev–Trinajstić information content (AvgIpc) is 2.73. The van der Waals surface area contributed by atoms with Crippen molar-refractivity contribution in [3.8, 4) is 5.69 Å².